The van der Waals surface area contributed by atoms with E-state index in [2.05, 4.69) is 30.3 Å². The average Bonchev–Trinajstić information content (AvgIpc) is 2.91. The molecule has 3 rings (SSSR count). The summed E-state index contributed by atoms with van der Waals surface area (Å²) in [5, 5.41) is 1.05. The van der Waals surface area contributed by atoms with Crippen molar-refractivity contribution in [3.05, 3.63) is 40.6 Å². The van der Waals surface area contributed by atoms with Crippen LogP contribution in [0.1, 0.15) is 26.6 Å². The number of thiophene rings is 1. The van der Waals surface area contributed by atoms with E-state index < -0.39 is 0 Å². The van der Waals surface area contributed by atoms with Crippen LogP contribution in [0.25, 0.3) is 16.2 Å². The molecule has 0 saturated heterocycles. The van der Waals surface area contributed by atoms with Crippen LogP contribution in [0.15, 0.2) is 30.5 Å². The summed E-state index contributed by atoms with van der Waals surface area (Å²) in [6.07, 6.45) is 1.79. The fourth-order valence-electron chi connectivity index (χ4n) is 2.05. The summed E-state index contributed by atoms with van der Waals surface area (Å²) in [5.74, 6) is 1.000. The van der Waals surface area contributed by atoms with Gasteiger partial charge in [0.15, 0.2) is 5.65 Å². The highest BCUT2D eigenvalue weighted by Gasteiger charge is 2.24. The van der Waals surface area contributed by atoms with Crippen LogP contribution in [0.2, 0.25) is 4.34 Å². The van der Waals surface area contributed by atoms with Crippen LogP contribution in [0, 0.1) is 0 Å². The number of imidazole rings is 1. The first-order valence-electron chi connectivity index (χ1n) is 6.06. The van der Waals surface area contributed by atoms with Crippen molar-refractivity contribution >= 4 is 34.1 Å². The van der Waals surface area contributed by atoms with Gasteiger partial charge in [-0.05, 0) is 24.3 Å². The smallest absolute Gasteiger partial charge is 0.165 e. The molecule has 0 fully saturated rings. The van der Waals surface area contributed by atoms with Gasteiger partial charge in [-0.1, -0.05) is 32.4 Å². The van der Waals surface area contributed by atoms with Crippen LogP contribution in [0.4, 0.5) is 0 Å². The Labute approximate surface area is 120 Å². The molecule has 0 radical (unpaired) electrons. The minimum absolute atomic E-state index is 0.0584. The standard InChI is InChI=1S/C14H14ClN3S/c1-14(2,3)13-17-9-5-4-8-16-12(9)18(13)11-7-6-10(15)19-11/h4-8H,1-3H3. The van der Waals surface area contributed by atoms with E-state index in [4.69, 9.17) is 16.6 Å². The third-order valence-electron chi connectivity index (χ3n) is 2.87. The molecule has 0 aliphatic rings. The van der Waals surface area contributed by atoms with Crippen LogP contribution < -0.4 is 0 Å². The molecule has 0 saturated carbocycles. The molecular formula is C14H14ClN3S. The first-order chi connectivity index (χ1) is 8.97. The van der Waals surface area contributed by atoms with E-state index in [9.17, 15) is 0 Å². The Bertz CT molecular complexity index is 737. The van der Waals surface area contributed by atoms with Crippen molar-refractivity contribution in [2.45, 2.75) is 26.2 Å². The van der Waals surface area contributed by atoms with Crippen molar-refractivity contribution in [2.75, 3.05) is 0 Å². The van der Waals surface area contributed by atoms with Crippen LogP contribution in [0.3, 0.4) is 0 Å². The largest absolute Gasteiger partial charge is 0.271 e. The summed E-state index contributed by atoms with van der Waals surface area (Å²) < 4.78 is 2.87. The highest BCUT2D eigenvalue weighted by atomic mass is 35.5. The van der Waals surface area contributed by atoms with E-state index in [1.807, 2.05) is 24.3 Å². The van der Waals surface area contributed by atoms with Gasteiger partial charge >= 0.3 is 0 Å². The quantitative estimate of drug-likeness (QED) is 0.664. The van der Waals surface area contributed by atoms with Gasteiger partial charge in [-0.3, -0.25) is 4.57 Å². The summed E-state index contributed by atoms with van der Waals surface area (Å²) in [5.41, 5.74) is 1.74. The molecule has 98 valence electrons. The van der Waals surface area contributed by atoms with Gasteiger partial charge in [-0.25, -0.2) is 9.97 Å². The molecule has 0 aliphatic carbocycles. The predicted octanol–water partition coefficient (Wildman–Crippen LogP) is 4.43. The topological polar surface area (TPSA) is 30.7 Å². The Morgan fingerprint density at radius 1 is 1.21 bits per heavy atom. The van der Waals surface area contributed by atoms with Crippen LogP contribution in [-0.4, -0.2) is 14.5 Å². The van der Waals surface area contributed by atoms with E-state index in [1.54, 1.807) is 6.20 Å². The Morgan fingerprint density at radius 3 is 2.63 bits per heavy atom. The van der Waals surface area contributed by atoms with Gasteiger partial charge in [0.05, 0.1) is 4.34 Å². The van der Waals surface area contributed by atoms with E-state index in [1.165, 1.54) is 11.3 Å². The molecule has 3 nitrogen and oxygen atoms in total. The van der Waals surface area contributed by atoms with Crippen LogP contribution in [0.5, 0.6) is 0 Å². The lowest BCUT2D eigenvalue weighted by molar-refractivity contribution is 0.540. The molecule has 0 atom stereocenters. The molecule has 0 amide bonds. The van der Waals surface area contributed by atoms with Gasteiger partial charge < -0.3 is 0 Å². The first kappa shape index (κ1) is 12.6. The highest BCUT2D eigenvalue weighted by molar-refractivity contribution is 7.18. The van der Waals surface area contributed by atoms with Gasteiger partial charge in [0.2, 0.25) is 0 Å². The lowest BCUT2D eigenvalue weighted by atomic mass is 9.96. The number of fused-ring (bicyclic) bond motifs is 1. The third kappa shape index (κ3) is 2.15. The fourth-order valence-corrected chi connectivity index (χ4v) is 3.09. The number of pyridine rings is 1. The maximum Gasteiger partial charge on any atom is 0.165 e. The molecule has 0 spiro atoms. The molecular weight excluding hydrogens is 278 g/mol. The fraction of sp³-hybridized carbons (Fsp3) is 0.286. The van der Waals surface area contributed by atoms with Crippen molar-refractivity contribution < 1.29 is 0 Å². The summed E-state index contributed by atoms with van der Waals surface area (Å²) in [6, 6.07) is 7.82. The predicted molar refractivity (Wildman–Crippen MR) is 80.5 cm³/mol. The van der Waals surface area contributed by atoms with Crippen LogP contribution >= 0.6 is 22.9 Å². The normalized spacial score (nSPS) is 12.2. The number of nitrogens with zero attached hydrogens (tertiary/aromatic N) is 3. The molecule has 0 aromatic carbocycles. The molecule has 0 N–H and O–H groups in total. The molecule has 3 aromatic heterocycles. The minimum Gasteiger partial charge on any atom is -0.271 e. The van der Waals surface area contributed by atoms with Gasteiger partial charge in [-0.15, -0.1) is 11.3 Å². The molecule has 3 heterocycles. The summed E-state index contributed by atoms with van der Waals surface area (Å²) >= 11 is 7.60. The number of aromatic nitrogens is 3. The lowest BCUT2D eigenvalue weighted by Crippen LogP contribution is -2.17. The molecule has 0 aliphatic heterocycles. The molecule has 0 unspecified atom stereocenters. The number of hydrogen-bond donors (Lipinski definition) is 0. The summed E-state index contributed by atoms with van der Waals surface area (Å²) in [4.78, 5) is 9.20. The second-order valence-corrected chi connectivity index (χ2v) is 7.14. The third-order valence-corrected chi connectivity index (χ3v) is 4.08. The highest BCUT2D eigenvalue weighted by Crippen LogP contribution is 2.33. The number of halogens is 1. The second kappa shape index (κ2) is 4.32. The van der Waals surface area contributed by atoms with Crippen molar-refractivity contribution in [2.24, 2.45) is 0 Å². The maximum atomic E-state index is 6.06. The average molecular weight is 292 g/mol. The Kier molecular flexibility index (Phi) is 2.87. The van der Waals surface area contributed by atoms with Crippen molar-refractivity contribution in [3.8, 4) is 5.00 Å². The summed E-state index contributed by atoms with van der Waals surface area (Å²) in [6.45, 7) is 6.46. The van der Waals surface area contributed by atoms with Crippen molar-refractivity contribution in [3.63, 3.8) is 0 Å². The molecule has 19 heavy (non-hydrogen) atoms. The zero-order valence-corrected chi connectivity index (χ0v) is 12.6. The zero-order chi connectivity index (χ0) is 13.6. The van der Waals surface area contributed by atoms with Gasteiger partial charge in [0, 0.05) is 11.6 Å². The van der Waals surface area contributed by atoms with Gasteiger partial charge in [-0.2, -0.15) is 0 Å². The zero-order valence-electron chi connectivity index (χ0n) is 11.0. The van der Waals surface area contributed by atoms with E-state index in [0.717, 1.165) is 26.3 Å². The monoisotopic (exact) mass is 291 g/mol. The molecule has 5 heteroatoms. The Balaban J connectivity index is 2.37. The Hall–Kier alpha value is -1.39. The van der Waals surface area contributed by atoms with E-state index in [0.29, 0.717) is 0 Å². The maximum absolute atomic E-state index is 6.06. The van der Waals surface area contributed by atoms with Gasteiger partial charge in [0.25, 0.3) is 0 Å². The summed E-state index contributed by atoms with van der Waals surface area (Å²) in [7, 11) is 0. The Morgan fingerprint density at radius 2 is 2.00 bits per heavy atom. The molecule has 3 aromatic rings. The van der Waals surface area contributed by atoms with Crippen molar-refractivity contribution in [1.29, 1.82) is 0 Å². The number of hydrogen-bond acceptors (Lipinski definition) is 3. The van der Waals surface area contributed by atoms with Crippen molar-refractivity contribution in [1.82, 2.24) is 14.5 Å². The minimum atomic E-state index is -0.0584. The SMILES string of the molecule is CC(C)(C)c1nc2cccnc2n1-c1ccc(Cl)s1. The van der Waals surface area contributed by atoms with E-state index >= 15 is 0 Å². The number of rotatable bonds is 1. The van der Waals surface area contributed by atoms with E-state index in [-0.39, 0.29) is 5.41 Å². The van der Waals surface area contributed by atoms with Crippen LogP contribution in [-0.2, 0) is 5.41 Å². The second-order valence-electron chi connectivity index (χ2n) is 5.44. The first-order valence-corrected chi connectivity index (χ1v) is 7.26. The van der Waals surface area contributed by atoms with Gasteiger partial charge in [0.1, 0.15) is 16.3 Å². The molecule has 0 bridgehead atoms. The lowest BCUT2D eigenvalue weighted by Gasteiger charge is -2.18.